The summed E-state index contributed by atoms with van der Waals surface area (Å²) in [6.45, 7) is 3.75. The van der Waals surface area contributed by atoms with Gasteiger partial charge in [-0.2, -0.15) is 0 Å². The lowest BCUT2D eigenvalue weighted by atomic mass is 10.1. The van der Waals surface area contributed by atoms with Gasteiger partial charge in [0.1, 0.15) is 5.75 Å². The smallest absolute Gasteiger partial charge is 0.264 e. The molecule has 0 aliphatic rings. The quantitative estimate of drug-likeness (QED) is 0.204. The van der Waals surface area contributed by atoms with Gasteiger partial charge in [0.15, 0.2) is 6.61 Å². The number of nitrogens with zero attached hydrogens (tertiary/aromatic N) is 1. The van der Waals surface area contributed by atoms with Gasteiger partial charge in [0.05, 0.1) is 23.2 Å². The summed E-state index contributed by atoms with van der Waals surface area (Å²) in [5, 5.41) is 3.49. The van der Waals surface area contributed by atoms with Crippen molar-refractivity contribution in [2.24, 2.45) is 0 Å². The van der Waals surface area contributed by atoms with Gasteiger partial charge in [-0.25, -0.2) is 8.42 Å². The fourth-order valence-corrected chi connectivity index (χ4v) is 5.73. The van der Waals surface area contributed by atoms with E-state index in [9.17, 15) is 13.2 Å². The normalized spacial score (nSPS) is 12.0. The highest BCUT2D eigenvalue weighted by Gasteiger charge is 2.25. The van der Waals surface area contributed by atoms with Crippen LogP contribution in [0.4, 0.5) is 5.69 Å². The van der Waals surface area contributed by atoms with E-state index in [2.05, 4.69) is 21.2 Å². The van der Waals surface area contributed by atoms with Gasteiger partial charge in [-0.05, 0) is 85.6 Å². The highest BCUT2D eigenvalue weighted by Crippen LogP contribution is 2.28. The highest BCUT2D eigenvalue weighted by molar-refractivity contribution is 9.10. The Balaban J connectivity index is 1.48. The predicted molar refractivity (Wildman–Crippen MR) is 159 cm³/mol. The van der Waals surface area contributed by atoms with Crippen molar-refractivity contribution in [2.45, 2.75) is 31.3 Å². The zero-order valence-electron chi connectivity index (χ0n) is 21.5. The number of sulfonamides is 1. The third-order valence-electron chi connectivity index (χ3n) is 6.09. The van der Waals surface area contributed by atoms with Gasteiger partial charge in [-0.3, -0.25) is 9.10 Å². The van der Waals surface area contributed by atoms with Crippen molar-refractivity contribution in [3.63, 3.8) is 0 Å². The molecular weight excluding hydrogens is 600 g/mol. The van der Waals surface area contributed by atoms with E-state index in [-0.39, 0.29) is 30.0 Å². The molecule has 0 aliphatic carbocycles. The highest BCUT2D eigenvalue weighted by atomic mass is 79.9. The van der Waals surface area contributed by atoms with E-state index in [4.69, 9.17) is 16.3 Å². The van der Waals surface area contributed by atoms with Crippen molar-refractivity contribution in [1.82, 2.24) is 5.32 Å². The lowest BCUT2D eigenvalue weighted by Gasteiger charge is -2.25. The van der Waals surface area contributed by atoms with Crippen LogP contribution >= 0.6 is 27.5 Å². The van der Waals surface area contributed by atoms with Crippen LogP contribution in [0.25, 0.3) is 0 Å². The first-order valence-electron chi connectivity index (χ1n) is 12.2. The largest absolute Gasteiger partial charge is 0.484 e. The average molecular weight is 628 g/mol. The molecule has 0 bridgehead atoms. The van der Waals surface area contributed by atoms with E-state index >= 15 is 0 Å². The van der Waals surface area contributed by atoms with Crippen molar-refractivity contribution in [1.29, 1.82) is 0 Å². The van der Waals surface area contributed by atoms with Crippen molar-refractivity contribution in [3.05, 3.63) is 123 Å². The number of halogens is 2. The van der Waals surface area contributed by atoms with Gasteiger partial charge < -0.3 is 10.1 Å². The molecule has 9 heteroatoms. The average Bonchev–Trinajstić information content (AvgIpc) is 2.92. The number of hydrogen-bond acceptors (Lipinski definition) is 4. The fourth-order valence-electron chi connectivity index (χ4n) is 3.88. The molecule has 39 heavy (non-hydrogen) atoms. The lowest BCUT2D eigenvalue weighted by Crippen LogP contribution is -2.31. The van der Waals surface area contributed by atoms with Crippen LogP contribution in [0.1, 0.15) is 29.7 Å². The summed E-state index contributed by atoms with van der Waals surface area (Å²) in [6.07, 6.45) is 0. The minimum Gasteiger partial charge on any atom is -0.484 e. The number of ether oxygens (including phenoxy) is 1. The van der Waals surface area contributed by atoms with Crippen LogP contribution in [0.15, 0.2) is 106 Å². The molecule has 202 valence electrons. The number of nitrogens with one attached hydrogen (secondary N) is 1. The van der Waals surface area contributed by atoms with E-state index < -0.39 is 10.0 Å². The van der Waals surface area contributed by atoms with Gasteiger partial charge in [0.2, 0.25) is 0 Å². The number of benzene rings is 4. The van der Waals surface area contributed by atoms with Crippen LogP contribution in [-0.4, -0.2) is 20.9 Å². The molecule has 6 nitrogen and oxygen atoms in total. The molecule has 0 saturated carbocycles. The van der Waals surface area contributed by atoms with Gasteiger partial charge >= 0.3 is 0 Å². The first kappa shape index (κ1) is 28.7. The molecule has 0 unspecified atom stereocenters. The number of hydrogen-bond donors (Lipinski definition) is 1. The zero-order valence-corrected chi connectivity index (χ0v) is 24.6. The molecule has 0 radical (unpaired) electrons. The molecular formula is C30H28BrClN2O4S. The molecule has 0 aromatic heterocycles. The summed E-state index contributed by atoms with van der Waals surface area (Å²) in [6, 6.07) is 28.0. The van der Waals surface area contributed by atoms with Crippen LogP contribution in [0, 0.1) is 6.92 Å². The fraction of sp³-hybridized carbons (Fsp3) is 0.167. The Morgan fingerprint density at radius 1 is 0.923 bits per heavy atom. The van der Waals surface area contributed by atoms with Crippen molar-refractivity contribution < 1.29 is 17.9 Å². The summed E-state index contributed by atoms with van der Waals surface area (Å²) in [5.41, 5.74) is 3.19. The van der Waals surface area contributed by atoms with Crippen LogP contribution in [0.2, 0.25) is 5.02 Å². The maximum atomic E-state index is 13.7. The van der Waals surface area contributed by atoms with Gasteiger partial charge in [-0.1, -0.05) is 69.5 Å². The molecule has 4 aromatic carbocycles. The Morgan fingerprint density at radius 3 is 2.15 bits per heavy atom. The van der Waals surface area contributed by atoms with Gasteiger partial charge in [0.25, 0.3) is 15.9 Å². The van der Waals surface area contributed by atoms with Crippen LogP contribution < -0.4 is 14.4 Å². The molecule has 0 aliphatic heterocycles. The Bertz CT molecular complexity index is 1510. The standard InChI is InChI=1S/C30H28BrClN2O4S/c1-21-3-17-29(18-4-21)39(36,37)34(19-23-5-11-26(32)12-6-23)27-13-15-28(16-14-27)38-20-30(35)33-22(2)24-7-9-25(31)10-8-24/h3-18,22H,19-20H2,1-2H3,(H,33,35)/t22-/m0/s1. The molecule has 1 amide bonds. The molecule has 4 aromatic rings. The molecule has 0 saturated heterocycles. The van der Waals surface area contributed by atoms with Gasteiger partial charge in [-0.15, -0.1) is 0 Å². The topological polar surface area (TPSA) is 75.7 Å². The van der Waals surface area contributed by atoms with E-state index in [1.54, 1.807) is 72.8 Å². The van der Waals surface area contributed by atoms with E-state index in [0.717, 1.165) is 21.2 Å². The Hall–Kier alpha value is -3.33. The second-order valence-corrected chi connectivity index (χ2v) is 12.3. The second kappa shape index (κ2) is 12.7. The summed E-state index contributed by atoms with van der Waals surface area (Å²) in [5.74, 6) is 0.185. The number of amides is 1. The lowest BCUT2D eigenvalue weighted by molar-refractivity contribution is -0.123. The monoisotopic (exact) mass is 626 g/mol. The molecule has 1 N–H and O–H groups in total. The van der Waals surface area contributed by atoms with Crippen molar-refractivity contribution >= 4 is 49.1 Å². The minimum atomic E-state index is -3.87. The zero-order chi connectivity index (χ0) is 28.0. The number of carbonyl (C=O) groups excluding carboxylic acids is 1. The van der Waals surface area contributed by atoms with Crippen molar-refractivity contribution in [3.8, 4) is 5.75 Å². The molecule has 0 fully saturated rings. The summed E-state index contributed by atoms with van der Waals surface area (Å²) in [4.78, 5) is 12.6. The van der Waals surface area contributed by atoms with Crippen LogP contribution in [-0.2, 0) is 21.4 Å². The molecule has 1 atom stereocenters. The number of carbonyl (C=O) groups is 1. The Morgan fingerprint density at radius 2 is 1.54 bits per heavy atom. The maximum absolute atomic E-state index is 13.7. The van der Waals surface area contributed by atoms with Gasteiger partial charge in [0, 0.05) is 9.50 Å². The third kappa shape index (κ3) is 7.62. The summed E-state index contributed by atoms with van der Waals surface area (Å²) < 4.78 is 35.3. The summed E-state index contributed by atoms with van der Waals surface area (Å²) >= 11 is 9.43. The van der Waals surface area contributed by atoms with E-state index in [0.29, 0.717) is 16.5 Å². The summed E-state index contributed by atoms with van der Waals surface area (Å²) in [7, 11) is -3.87. The van der Waals surface area contributed by atoms with Crippen LogP contribution in [0.3, 0.4) is 0 Å². The Kier molecular flexibility index (Phi) is 9.32. The van der Waals surface area contributed by atoms with Crippen molar-refractivity contribution in [2.75, 3.05) is 10.9 Å². The van der Waals surface area contributed by atoms with E-state index in [1.165, 1.54) is 4.31 Å². The molecule has 0 spiro atoms. The Labute approximate surface area is 242 Å². The SMILES string of the molecule is Cc1ccc(S(=O)(=O)N(Cc2ccc(Cl)cc2)c2ccc(OCC(=O)N[C@@H](C)c3ccc(Br)cc3)cc2)cc1. The molecule has 0 heterocycles. The maximum Gasteiger partial charge on any atom is 0.264 e. The molecule has 4 rings (SSSR count). The first-order chi connectivity index (χ1) is 18.6. The van der Waals surface area contributed by atoms with Crippen LogP contribution in [0.5, 0.6) is 5.75 Å². The predicted octanol–water partition coefficient (Wildman–Crippen LogP) is 7.06. The second-order valence-electron chi connectivity index (χ2n) is 9.07. The minimum absolute atomic E-state index is 0.115. The van der Waals surface area contributed by atoms with E-state index in [1.807, 2.05) is 38.1 Å². The number of aryl methyl sites for hydroxylation is 1. The first-order valence-corrected chi connectivity index (χ1v) is 14.8. The number of anilines is 1. The third-order valence-corrected chi connectivity index (χ3v) is 8.66. The number of rotatable bonds is 10.